The SMILES string of the molecule is C=c1c(C)c(O)c(=C)c(C(C)(C)CC(=O)N(C)CCN(C)C(=O)Oc2ccc3nc(C4=NC(C(=O)O)CS4)sc3c2)c1O. The maximum atomic E-state index is 13.1. The van der Waals surface area contributed by atoms with E-state index >= 15 is 0 Å². The molecule has 0 saturated carbocycles. The number of aliphatic imine (C=N–C) groups is 1. The third-order valence-electron chi connectivity index (χ3n) is 7.38. The fourth-order valence-corrected chi connectivity index (χ4v) is 6.75. The van der Waals surface area contributed by atoms with Crippen LogP contribution in [0.4, 0.5) is 4.79 Å². The second-order valence-electron chi connectivity index (χ2n) is 11.1. The lowest BCUT2D eigenvalue weighted by Gasteiger charge is -2.30. The Balaban J connectivity index is 1.35. The molecule has 13 heteroatoms. The number of thioether (sulfide) groups is 1. The predicted octanol–water partition coefficient (Wildman–Crippen LogP) is 3.04. The van der Waals surface area contributed by atoms with Gasteiger partial charge in [-0.25, -0.2) is 14.6 Å². The van der Waals surface area contributed by atoms with Crippen molar-refractivity contribution in [2.45, 2.75) is 38.6 Å². The molecule has 0 radical (unpaired) electrons. The number of likely N-dealkylation sites (N-methyl/N-ethyl adjacent to an activating group) is 2. The van der Waals surface area contributed by atoms with Crippen molar-refractivity contribution in [3.8, 4) is 17.2 Å². The summed E-state index contributed by atoms with van der Waals surface area (Å²) in [6.45, 7) is 13.4. The van der Waals surface area contributed by atoms with Crippen molar-refractivity contribution in [2.24, 2.45) is 4.99 Å². The lowest BCUT2D eigenvalue weighted by atomic mass is 9.78. The van der Waals surface area contributed by atoms with Gasteiger partial charge in [-0.05, 0) is 19.1 Å². The number of fused-ring (bicyclic) bond motifs is 1. The first-order valence-corrected chi connectivity index (χ1v) is 15.1. The highest BCUT2D eigenvalue weighted by atomic mass is 32.2. The van der Waals surface area contributed by atoms with Crippen LogP contribution >= 0.6 is 23.1 Å². The van der Waals surface area contributed by atoms with E-state index in [1.807, 2.05) is 0 Å². The number of hydrogen-bond donors (Lipinski definition) is 3. The van der Waals surface area contributed by atoms with Crippen LogP contribution in [0, 0.1) is 6.92 Å². The lowest BCUT2D eigenvalue weighted by Crippen LogP contribution is -2.41. The molecule has 2 aromatic carbocycles. The van der Waals surface area contributed by atoms with Gasteiger partial charge in [0.1, 0.15) is 27.3 Å². The molecule has 1 unspecified atom stereocenters. The Bertz CT molecular complexity index is 1750. The molecule has 1 aliphatic rings. The van der Waals surface area contributed by atoms with Crippen LogP contribution in [0.3, 0.4) is 0 Å². The van der Waals surface area contributed by atoms with Gasteiger partial charge in [0.2, 0.25) is 5.91 Å². The van der Waals surface area contributed by atoms with Gasteiger partial charge in [0.05, 0.1) is 10.2 Å². The lowest BCUT2D eigenvalue weighted by molar-refractivity contribution is -0.137. The summed E-state index contributed by atoms with van der Waals surface area (Å²) in [5.74, 6) is -0.645. The molecular formula is C30H34N4O7S2. The normalized spacial score (nSPS) is 14.9. The molecule has 0 fully saturated rings. The molecule has 0 saturated heterocycles. The van der Waals surface area contributed by atoms with Crippen molar-refractivity contribution in [1.82, 2.24) is 14.8 Å². The van der Waals surface area contributed by atoms with E-state index in [0.717, 1.165) is 4.70 Å². The number of phenolic OH excluding ortho intramolecular Hbond substituents is 2. The summed E-state index contributed by atoms with van der Waals surface area (Å²) in [5, 5.41) is 32.1. The van der Waals surface area contributed by atoms with Crippen LogP contribution < -0.4 is 15.2 Å². The molecule has 3 aromatic rings. The smallest absolute Gasteiger partial charge is 0.415 e. The number of hydrogen-bond acceptors (Lipinski definition) is 10. The molecule has 2 heterocycles. The molecule has 2 amide bonds. The van der Waals surface area contributed by atoms with E-state index in [2.05, 4.69) is 23.1 Å². The van der Waals surface area contributed by atoms with Gasteiger partial charge in [-0.15, -0.1) is 23.1 Å². The molecule has 3 N–H and O–H groups in total. The van der Waals surface area contributed by atoms with Crippen LogP contribution in [0.1, 0.15) is 36.4 Å². The summed E-state index contributed by atoms with van der Waals surface area (Å²) < 4.78 is 6.31. The van der Waals surface area contributed by atoms with Gasteiger partial charge in [0, 0.05) is 72.4 Å². The van der Waals surface area contributed by atoms with E-state index in [1.54, 1.807) is 53.1 Å². The molecular weight excluding hydrogens is 592 g/mol. The van der Waals surface area contributed by atoms with Gasteiger partial charge in [0.15, 0.2) is 6.04 Å². The number of carboxylic acid groups (broad SMARTS) is 1. The van der Waals surface area contributed by atoms with Crippen LogP contribution in [0.2, 0.25) is 0 Å². The van der Waals surface area contributed by atoms with Gasteiger partial charge in [-0.2, -0.15) is 0 Å². The Morgan fingerprint density at radius 3 is 2.42 bits per heavy atom. The van der Waals surface area contributed by atoms with Crippen molar-refractivity contribution in [2.75, 3.05) is 32.9 Å². The molecule has 228 valence electrons. The number of aromatic hydroxyl groups is 2. The summed E-state index contributed by atoms with van der Waals surface area (Å²) in [4.78, 5) is 48.7. The number of aromatic nitrogens is 1. The third-order valence-corrected chi connectivity index (χ3v) is 9.59. The molecule has 0 spiro atoms. The van der Waals surface area contributed by atoms with Crippen molar-refractivity contribution < 1.29 is 34.4 Å². The molecule has 4 rings (SSSR count). The Morgan fingerprint density at radius 1 is 1.09 bits per heavy atom. The summed E-state index contributed by atoms with van der Waals surface area (Å²) in [6, 6.07) is 4.27. The number of rotatable bonds is 9. The quantitative estimate of drug-likeness (QED) is 0.304. The average Bonchev–Trinajstić information content (AvgIpc) is 3.60. The van der Waals surface area contributed by atoms with Crippen LogP contribution in [-0.2, 0) is 15.0 Å². The van der Waals surface area contributed by atoms with Gasteiger partial charge < -0.3 is 29.9 Å². The number of carboxylic acids is 1. The molecule has 1 aliphatic heterocycles. The number of carbonyl (C=O) groups excluding carboxylic acids is 2. The number of aliphatic carboxylic acids is 1. The van der Waals surface area contributed by atoms with Crippen LogP contribution in [-0.4, -0.2) is 92.1 Å². The Kier molecular flexibility index (Phi) is 9.07. The first-order valence-electron chi connectivity index (χ1n) is 13.3. The first kappa shape index (κ1) is 31.8. The molecule has 1 aromatic heterocycles. The Hall–Kier alpha value is -4.10. The number of carbonyl (C=O) groups is 3. The summed E-state index contributed by atoms with van der Waals surface area (Å²) >= 11 is 2.69. The van der Waals surface area contributed by atoms with E-state index < -0.39 is 23.5 Å². The number of phenols is 2. The van der Waals surface area contributed by atoms with Crippen molar-refractivity contribution in [1.29, 1.82) is 0 Å². The summed E-state index contributed by atoms with van der Waals surface area (Å²) in [7, 11) is 3.20. The van der Waals surface area contributed by atoms with Gasteiger partial charge >= 0.3 is 12.1 Å². The molecule has 43 heavy (non-hydrogen) atoms. The minimum absolute atomic E-state index is 0.0222. The highest BCUT2D eigenvalue weighted by Gasteiger charge is 2.31. The largest absolute Gasteiger partial charge is 0.507 e. The predicted molar refractivity (Wildman–Crippen MR) is 169 cm³/mol. The van der Waals surface area contributed by atoms with E-state index in [1.165, 1.54) is 32.9 Å². The van der Waals surface area contributed by atoms with E-state index in [9.17, 15) is 29.7 Å². The Labute approximate surface area is 256 Å². The van der Waals surface area contributed by atoms with Gasteiger partial charge in [0.25, 0.3) is 0 Å². The van der Waals surface area contributed by atoms with Crippen LogP contribution in [0.15, 0.2) is 23.2 Å². The molecule has 1 atom stereocenters. The number of nitrogens with zero attached hydrogens (tertiary/aromatic N) is 4. The monoisotopic (exact) mass is 626 g/mol. The maximum Gasteiger partial charge on any atom is 0.415 e. The molecule has 0 aliphatic carbocycles. The zero-order valence-electron chi connectivity index (χ0n) is 24.6. The van der Waals surface area contributed by atoms with Crippen molar-refractivity contribution in [3.05, 3.63) is 44.8 Å². The highest BCUT2D eigenvalue weighted by molar-refractivity contribution is 8.15. The fraction of sp³-hybridized carbons (Fsp3) is 0.367. The molecule has 0 bridgehead atoms. The fourth-order valence-electron chi connectivity index (χ4n) is 4.66. The first-order chi connectivity index (χ1) is 20.1. The second-order valence-corrected chi connectivity index (χ2v) is 13.1. The maximum absolute atomic E-state index is 13.1. The zero-order valence-corrected chi connectivity index (χ0v) is 26.3. The average molecular weight is 627 g/mol. The zero-order chi connectivity index (χ0) is 31.8. The topological polar surface area (TPSA) is 153 Å². The number of amides is 2. The van der Waals surface area contributed by atoms with E-state index in [0.29, 0.717) is 43.4 Å². The highest BCUT2D eigenvalue weighted by Crippen LogP contribution is 2.33. The number of benzene rings is 2. The summed E-state index contributed by atoms with van der Waals surface area (Å²) in [6.07, 6.45) is -0.580. The van der Waals surface area contributed by atoms with Gasteiger partial charge in [-0.1, -0.05) is 27.0 Å². The van der Waals surface area contributed by atoms with Crippen molar-refractivity contribution >= 4 is 69.5 Å². The number of ether oxygens (including phenoxy) is 1. The molecule has 11 nitrogen and oxygen atoms in total. The number of thiazole rings is 1. The third kappa shape index (κ3) is 6.62. The van der Waals surface area contributed by atoms with Gasteiger partial charge in [-0.3, -0.25) is 9.79 Å². The van der Waals surface area contributed by atoms with E-state index in [-0.39, 0.29) is 42.1 Å². The Morgan fingerprint density at radius 2 is 1.77 bits per heavy atom. The van der Waals surface area contributed by atoms with Crippen LogP contribution in [0.25, 0.3) is 23.4 Å². The van der Waals surface area contributed by atoms with E-state index in [4.69, 9.17) is 4.74 Å². The summed E-state index contributed by atoms with van der Waals surface area (Å²) in [5.41, 5.74) is 0.633. The minimum atomic E-state index is -0.967. The van der Waals surface area contributed by atoms with Crippen LogP contribution in [0.5, 0.6) is 17.2 Å². The second kappa shape index (κ2) is 12.3. The van der Waals surface area contributed by atoms with Crippen molar-refractivity contribution in [3.63, 3.8) is 0 Å². The minimum Gasteiger partial charge on any atom is -0.507 e. The standard InChI is InChI=1S/C30H34N4O7S2/c1-15-16(2)25(37)23(17(3)24(15)36)30(4,5)13-22(35)33(6)10-11-34(7)29(40)41-18-8-9-19-21(12-18)43-27(31-19)26-32-20(14-42-26)28(38)39/h8-9,12,20,36-37H,2-3,10-11,13-14H2,1,4-7H3,(H,38,39).